The van der Waals surface area contributed by atoms with Gasteiger partial charge < -0.3 is 15.0 Å². The third-order valence-corrected chi connectivity index (χ3v) is 2.77. The molecule has 0 fully saturated rings. The molecule has 110 valence electrons. The Balaban J connectivity index is 2.36. The summed E-state index contributed by atoms with van der Waals surface area (Å²) < 4.78 is 4.81. The van der Waals surface area contributed by atoms with E-state index in [1.807, 2.05) is 37.3 Å². The summed E-state index contributed by atoms with van der Waals surface area (Å²) >= 11 is 0. The Hall–Kier alpha value is -1.88. The second-order valence-electron chi connectivity index (χ2n) is 4.21. The first-order valence-electron chi connectivity index (χ1n) is 6.90. The molecule has 5 heteroatoms. The van der Waals surface area contributed by atoms with Crippen molar-refractivity contribution < 1.29 is 14.3 Å². The fourth-order valence-corrected chi connectivity index (χ4v) is 1.83. The van der Waals surface area contributed by atoms with Crippen LogP contribution in [0.1, 0.15) is 20.3 Å². The summed E-state index contributed by atoms with van der Waals surface area (Å²) in [6.45, 7) is 5.36. The summed E-state index contributed by atoms with van der Waals surface area (Å²) in [6.07, 6.45) is 0.276. The van der Waals surface area contributed by atoms with Gasteiger partial charge in [-0.05, 0) is 26.0 Å². The number of anilines is 1. The molecule has 0 saturated carbocycles. The van der Waals surface area contributed by atoms with E-state index >= 15 is 0 Å². The Labute approximate surface area is 119 Å². The van der Waals surface area contributed by atoms with Crippen LogP contribution in [0.3, 0.4) is 0 Å². The van der Waals surface area contributed by atoms with E-state index in [-0.39, 0.29) is 24.8 Å². The van der Waals surface area contributed by atoms with Crippen LogP contribution < -0.4 is 10.2 Å². The van der Waals surface area contributed by atoms with Gasteiger partial charge in [-0.2, -0.15) is 0 Å². The maximum atomic E-state index is 12.1. The molecule has 0 spiro atoms. The second-order valence-corrected chi connectivity index (χ2v) is 4.21. The molecule has 1 amide bonds. The zero-order chi connectivity index (χ0) is 14.8. The van der Waals surface area contributed by atoms with Crippen LogP contribution >= 0.6 is 0 Å². The highest BCUT2D eigenvalue weighted by Gasteiger charge is 2.12. The van der Waals surface area contributed by atoms with Crippen molar-refractivity contribution in [2.45, 2.75) is 20.3 Å². The van der Waals surface area contributed by atoms with Crippen LogP contribution in [-0.4, -0.2) is 38.1 Å². The number of rotatable bonds is 8. The van der Waals surface area contributed by atoms with Crippen LogP contribution in [0.4, 0.5) is 5.69 Å². The summed E-state index contributed by atoms with van der Waals surface area (Å²) in [4.78, 5) is 24.9. The molecule has 1 aromatic carbocycles. The quantitative estimate of drug-likeness (QED) is 0.579. The zero-order valence-corrected chi connectivity index (χ0v) is 12.1. The average molecular weight is 278 g/mol. The van der Waals surface area contributed by atoms with Crippen molar-refractivity contribution in [3.63, 3.8) is 0 Å². The third kappa shape index (κ3) is 5.40. The minimum Gasteiger partial charge on any atom is -0.466 e. The molecule has 0 atom stereocenters. The number of carbonyl (C=O) groups is 2. The predicted octanol–water partition coefficient (Wildman–Crippen LogP) is 1.58. The molecule has 0 bridgehead atoms. The number of hydrogen-bond donors (Lipinski definition) is 1. The molecule has 5 nitrogen and oxygen atoms in total. The smallest absolute Gasteiger partial charge is 0.307 e. The number of nitrogens with one attached hydrogen (secondary N) is 1. The van der Waals surface area contributed by atoms with E-state index < -0.39 is 0 Å². The summed E-state index contributed by atoms with van der Waals surface area (Å²) in [5, 5.41) is 2.97. The maximum Gasteiger partial charge on any atom is 0.307 e. The number of ether oxygens (including phenoxy) is 1. The van der Waals surface area contributed by atoms with Gasteiger partial charge >= 0.3 is 5.97 Å². The number of carbonyl (C=O) groups excluding carboxylic acids is 2. The maximum absolute atomic E-state index is 12.1. The predicted molar refractivity (Wildman–Crippen MR) is 78.6 cm³/mol. The van der Waals surface area contributed by atoms with Gasteiger partial charge in [-0.3, -0.25) is 9.59 Å². The van der Waals surface area contributed by atoms with Crippen molar-refractivity contribution in [1.82, 2.24) is 5.32 Å². The lowest BCUT2D eigenvalue weighted by Gasteiger charge is -2.21. The first-order chi connectivity index (χ1) is 9.69. The minimum atomic E-state index is -0.247. The topological polar surface area (TPSA) is 58.6 Å². The molecule has 1 rings (SSSR count). The Morgan fingerprint density at radius 3 is 2.50 bits per heavy atom. The lowest BCUT2D eigenvalue weighted by Crippen LogP contribution is -2.38. The lowest BCUT2D eigenvalue weighted by molar-refractivity contribution is -0.143. The molecule has 0 saturated heterocycles. The molecule has 0 unspecified atom stereocenters. The van der Waals surface area contributed by atoms with Crippen molar-refractivity contribution in [1.29, 1.82) is 0 Å². The average Bonchev–Trinajstić information content (AvgIpc) is 2.46. The molecule has 0 aliphatic rings. The van der Waals surface area contributed by atoms with Crippen molar-refractivity contribution in [3.05, 3.63) is 30.3 Å². The number of para-hydroxylation sites is 1. The number of benzene rings is 1. The van der Waals surface area contributed by atoms with Gasteiger partial charge in [-0.15, -0.1) is 0 Å². The Morgan fingerprint density at radius 1 is 1.20 bits per heavy atom. The minimum absolute atomic E-state index is 0.0115. The number of hydrogen-bond acceptors (Lipinski definition) is 4. The SMILES string of the molecule is CCOC(=O)CCNCC(=O)N(CC)c1ccccc1. The van der Waals surface area contributed by atoms with Crippen LogP contribution in [0.25, 0.3) is 0 Å². The summed E-state index contributed by atoms with van der Waals surface area (Å²) in [5.41, 5.74) is 0.882. The first-order valence-corrected chi connectivity index (χ1v) is 6.90. The van der Waals surface area contributed by atoms with Crippen LogP contribution in [0.15, 0.2) is 30.3 Å². The fraction of sp³-hybridized carbons (Fsp3) is 0.467. The summed E-state index contributed by atoms with van der Waals surface area (Å²) in [5.74, 6) is -0.259. The number of amides is 1. The molecular formula is C15H22N2O3. The monoisotopic (exact) mass is 278 g/mol. The van der Waals surface area contributed by atoms with Gasteiger partial charge in [0.15, 0.2) is 0 Å². The molecule has 0 radical (unpaired) electrons. The van der Waals surface area contributed by atoms with Gasteiger partial charge in [0.1, 0.15) is 0 Å². The zero-order valence-electron chi connectivity index (χ0n) is 12.1. The van der Waals surface area contributed by atoms with Crippen LogP contribution in [0.2, 0.25) is 0 Å². The van der Waals surface area contributed by atoms with Crippen molar-refractivity contribution in [2.24, 2.45) is 0 Å². The van der Waals surface area contributed by atoms with Gasteiger partial charge in [0.25, 0.3) is 0 Å². The molecule has 0 aliphatic heterocycles. The largest absolute Gasteiger partial charge is 0.466 e. The van der Waals surface area contributed by atoms with E-state index in [0.717, 1.165) is 5.69 Å². The van der Waals surface area contributed by atoms with Crippen molar-refractivity contribution >= 4 is 17.6 Å². The number of esters is 1. The molecule has 0 aliphatic carbocycles. The summed E-state index contributed by atoms with van der Waals surface area (Å²) in [6, 6.07) is 9.53. The van der Waals surface area contributed by atoms with E-state index in [1.165, 1.54) is 0 Å². The van der Waals surface area contributed by atoms with Gasteiger partial charge in [0.05, 0.1) is 19.6 Å². The van der Waals surface area contributed by atoms with Gasteiger partial charge in [-0.25, -0.2) is 0 Å². The lowest BCUT2D eigenvalue weighted by atomic mass is 10.3. The number of nitrogens with zero attached hydrogens (tertiary/aromatic N) is 1. The molecule has 1 N–H and O–H groups in total. The van der Waals surface area contributed by atoms with Crippen LogP contribution in [0, 0.1) is 0 Å². The fourth-order valence-electron chi connectivity index (χ4n) is 1.83. The van der Waals surface area contributed by atoms with Crippen molar-refractivity contribution in [2.75, 3.05) is 31.1 Å². The van der Waals surface area contributed by atoms with E-state index in [9.17, 15) is 9.59 Å². The Morgan fingerprint density at radius 2 is 1.90 bits per heavy atom. The van der Waals surface area contributed by atoms with E-state index in [2.05, 4.69) is 5.32 Å². The molecule has 0 aromatic heterocycles. The highest BCUT2D eigenvalue weighted by atomic mass is 16.5. The van der Waals surface area contributed by atoms with E-state index in [0.29, 0.717) is 19.7 Å². The Bertz CT molecular complexity index is 420. The Kier molecular flexibility index (Phi) is 7.35. The molecule has 20 heavy (non-hydrogen) atoms. The third-order valence-electron chi connectivity index (χ3n) is 2.77. The standard InChI is InChI=1S/C15H22N2O3/c1-3-17(13-8-6-5-7-9-13)14(18)12-16-11-10-15(19)20-4-2/h5-9,16H,3-4,10-12H2,1-2H3. The van der Waals surface area contributed by atoms with E-state index in [1.54, 1.807) is 11.8 Å². The first kappa shape index (κ1) is 16.2. The molecular weight excluding hydrogens is 256 g/mol. The highest BCUT2D eigenvalue weighted by molar-refractivity contribution is 5.94. The van der Waals surface area contributed by atoms with Crippen LogP contribution in [0.5, 0.6) is 0 Å². The van der Waals surface area contributed by atoms with Gasteiger partial charge in [0, 0.05) is 18.8 Å². The molecule has 0 heterocycles. The normalized spacial score (nSPS) is 10.1. The van der Waals surface area contributed by atoms with Gasteiger partial charge in [0.2, 0.25) is 5.91 Å². The molecule has 1 aromatic rings. The van der Waals surface area contributed by atoms with Crippen molar-refractivity contribution in [3.8, 4) is 0 Å². The number of likely N-dealkylation sites (N-methyl/N-ethyl adjacent to an activating group) is 1. The highest BCUT2D eigenvalue weighted by Crippen LogP contribution is 2.12. The van der Waals surface area contributed by atoms with E-state index in [4.69, 9.17) is 4.74 Å². The van der Waals surface area contributed by atoms with Crippen LogP contribution in [-0.2, 0) is 14.3 Å². The summed E-state index contributed by atoms with van der Waals surface area (Å²) in [7, 11) is 0. The second kappa shape index (κ2) is 9.09. The van der Waals surface area contributed by atoms with Gasteiger partial charge in [-0.1, -0.05) is 18.2 Å².